The Morgan fingerprint density at radius 2 is 1.78 bits per heavy atom. The number of carbonyl (C=O) groups is 1. The summed E-state index contributed by atoms with van der Waals surface area (Å²) in [6.45, 7) is 3.26. The molecule has 4 nitrogen and oxygen atoms in total. The van der Waals surface area contributed by atoms with Crippen molar-refractivity contribution in [3.63, 3.8) is 0 Å². The number of hydrogen-bond donors (Lipinski definition) is 2. The molecule has 1 fully saturated rings. The fourth-order valence-corrected chi connectivity index (χ4v) is 2.85. The number of rotatable bonds is 7. The Balaban J connectivity index is 0.00000264. The molecular formula is C18H29ClN2O2. The molecule has 0 spiro atoms. The summed E-state index contributed by atoms with van der Waals surface area (Å²) in [5.41, 5.74) is 0. The largest absolute Gasteiger partial charge is 0.481 e. The van der Waals surface area contributed by atoms with Crippen molar-refractivity contribution in [2.75, 3.05) is 13.1 Å². The lowest BCUT2D eigenvalue weighted by atomic mass is 10.1. The summed E-state index contributed by atoms with van der Waals surface area (Å²) in [4.78, 5) is 12.0. The van der Waals surface area contributed by atoms with Gasteiger partial charge < -0.3 is 15.4 Å². The van der Waals surface area contributed by atoms with Gasteiger partial charge in [0.2, 0.25) is 0 Å². The van der Waals surface area contributed by atoms with Crippen LogP contribution in [0.4, 0.5) is 0 Å². The van der Waals surface area contributed by atoms with E-state index in [0.29, 0.717) is 12.6 Å². The second-order valence-corrected chi connectivity index (χ2v) is 6.01. The smallest absolute Gasteiger partial charge is 0.260 e. The maximum absolute atomic E-state index is 12.0. The molecular weight excluding hydrogens is 312 g/mol. The van der Waals surface area contributed by atoms with Crippen molar-refractivity contribution >= 4 is 18.3 Å². The van der Waals surface area contributed by atoms with Gasteiger partial charge in [0, 0.05) is 19.1 Å². The van der Waals surface area contributed by atoms with Crippen molar-refractivity contribution in [2.24, 2.45) is 0 Å². The van der Waals surface area contributed by atoms with Gasteiger partial charge in [0.25, 0.3) is 5.91 Å². The van der Waals surface area contributed by atoms with Gasteiger partial charge in [-0.25, -0.2) is 0 Å². The lowest BCUT2D eigenvalue weighted by molar-refractivity contribution is -0.127. The second-order valence-electron chi connectivity index (χ2n) is 6.01. The molecule has 0 aliphatic heterocycles. The summed E-state index contributed by atoms with van der Waals surface area (Å²) in [7, 11) is 0. The van der Waals surface area contributed by atoms with Crippen LogP contribution >= 0.6 is 12.4 Å². The number of amides is 1. The molecule has 0 radical (unpaired) electrons. The molecule has 0 heterocycles. The van der Waals surface area contributed by atoms with E-state index < -0.39 is 6.10 Å². The molecule has 1 aliphatic carbocycles. The van der Waals surface area contributed by atoms with E-state index in [-0.39, 0.29) is 18.3 Å². The van der Waals surface area contributed by atoms with E-state index in [9.17, 15) is 4.79 Å². The summed E-state index contributed by atoms with van der Waals surface area (Å²) >= 11 is 0. The van der Waals surface area contributed by atoms with E-state index >= 15 is 0 Å². The molecule has 5 heteroatoms. The van der Waals surface area contributed by atoms with Gasteiger partial charge >= 0.3 is 0 Å². The van der Waals surface area contributed by atoms with Crippen LogP contribution < -0.4 is 15.4 Å². The van der Waals surface area contributed by atoms with Gasteiger partial charge in [-0.15, -0.1) is 12.4 Å². The third kappa shape index (κ3) is 7.71. The summed E-state index contributed by atoms with van der Waals surface area (Å²) < 4.78 is 5.61. The molecule has 1 aromatic rings. The van der Waals surface area contributed by atoms with E-state index in [1.165, 1.54) is 38.5 Å². The second kappa shape index (κ2) is 11.3. The van der Waals surface area contributed by atoms with E-state index in [0.717, 1.165) is 12.3 Å². The van der Waals surface area contributed by atoms with Crippen LogP contribution in [0.2, 0.25) is 0 Å². The highest BCUT2D eigenvalue weighted by Crippen LogP contribution is 2.16. The van der Waals surface area contributed by atoms with E-state index in [4.69, 9.17) is 4.74 Å². The maximum atomic E-state index is 12.0. The normalized spacial score (nSPS) is 16.7. The predicted molar refractivity (Wildman–Crippen MR) is 96.3 cm³/mol. The Labute approximate surface area is 145 Å². The predicted octanol–water partition coefficient (Wildman–Crippen LogP) is 3.30. The van der Waals surface area contributed by atoms with Crippen LogP contribution in [0.3, 0.4) is 0 Å². The number of hydrogen-bond acceptors (Lipinski definition) is 3. The van der Waals surface area contributed by atoms with Crippen LogP contribution in [0, 0.1) is 0 Å². The minimum Gasteiger partial charge on any atom is -0.481 e. The van der Waals surface area contributed by atoms with Gasteiger partial charge in [-0.05, 0) is 31.9 Å². The molecule has 0 saturated heterocycles. The zero-order valence-electron chi connectivity index (χ0n) is 13.9. The van der Waals surface area contributed by atoms with Crippen molar-refractivity contribution in [3.8, 4) is 5.75 Å². The van der Waals surface area contributed by atoms with E-state index in [1.54, 1.807) is 6.92 Å². The van der Waals surface area contributed by atoms with Crippen molar-refractivity contribution < 1.29 is 9.53 Å². The number of nitrogens with one attached hydrogen (secondary N) is 2. The summed E-state index contributed by atoms with van der Waals surface area (Å²) in [5, 5.41) is 6.48. The van der Waals surface area contributed by atoms with Crippen molar-refractivity contribution in [3.05, 3.63) is 30.3 Å². The average molecular weight is 341 g/mol. The molecule has 0 bridgehead atoms. The molecule has 1 atom stereocenters. The van der Waals surface area contributed by atoms with Crippen molar-refractivity contribution in [1.82, 2.24) is 10.6 Å². The SMILES string of the molecule is CC(Oc1ccccc1)C(=O)NCCNC1CCCCCC1.Cl. The van der Waals surface area contributed by atoms with Gasteiger partial charge in [0.05, 0.1) is 0 Å². The van der Waals surface area contributed by atoms with Crippen LogP contribution in [0.25, 0.3) is 0 Å². The highest BCUT2D eigenvalue weighted by Gasteiger charge is 2.14. The number of benzene rings is 1. The number of carbonyl (C=O) groups excluding carboxylic acids is 1. The Hall–Kier alpha value is -1.26. The van der Waals surface area contributed by atoms with Crippen LogP contribution in [-0.4, -0.2) is 31.1 Å². The average Bonchev–Trinajstić information content (AvgIpc) is 2.81. The van der Waals surface area contributed by atoms with Crippen molar-refractivity contribution in [1.29, 1.82) is 0 Å². The fraction of sp³-hybridized carbons (Fsp3) is 0.611. The van der Waals surface area contributed by atoms with Gasteiger partial charge in [0.15, 0.2) is 6.10 Å². The summed E-state index contributed by atoms with van der Waals surface area (Å²) in [6.07, 6.45) is 7.44. The standard InChI is InChI=1S/C18H28N2O2.ClH/c1-15(22-17-11-7-4-8-12-17)18(21)20-14-13-19-16-9-5-2-3-6-10-16;/h4,7-8,11-12,15-16,19H,2-3,5-6,9-10,13-14H2,1H3,(H,20,21);1H. The first-order chi connectivity index (χ1) is 10.8. The Morgan fingerprint density at radius 3 is 2.43 bits per heavy atom. The first kappa shape index (κ1) is 19.8. The summed E-state index contributed by atoms with van der Waals surface area (Å²) in [6, 6.07) is 10.1. The first-order valence-corrected chi connectivity index (χ1v) is 8.48. The Morgan fingerprint density at radius 1 is 1.13 bits per heavy atom. The monoisotopic (exact) mass is 340 g/mol. The minimum atomic E-state index is -0.472. The van der Waals surface area contributed by atoms with Crippen LogP contribution in [-0.2, 0) is 4.79 Å². The zero-order valence-corrected chi connectivity index (χ0v) is 14.7. The molecule has 2 rings (SSSR count). The van der Waals surface area contributed by atoms with E-state index in [2.05, 4.69) is 10.6 Å². The topological polar surface area (TPSA) is 50.4 Å². The number of para-hydroxylation sites is 1. The van der Waals surface area contributed by atoms with Crippen LogP contribution in [0.1, 0.15) is 45.4 Å². The third-order valence-corrected chi connectivity index (χ3v) is 4.14. The molecule has 1 aliphatic rings. The number of halogens is 1. The summed E-state index contributed by atoms with van der Waals surface area (Å²) in [5.74, 6) is 0.660. The molecule has 1 unspecified atom stereocenters. The Kier molecular flexibility index (Phi) is 9.72. The molecule has 1 aromatic carbocycles. The van der Waals surface area contributed by atoms with E-state index in [1.807, 2.05) is 30.3 Å². The molecule has 1 amide bonds. The van der Waals surface area contributed by atoms with Crippen molar-refractivity contribution in [2.45, 2.75) is 57.6 Å². The molecule has 23 heavy (non-hydrogen) atoms. The van der Waals surface area contributed by atoms with Gasteiger partial charge in [0.1, 0.15) is 5.75 Å². The fourth-order valence-electron chi connectivity index (χ4n) is 2.85. The zero-order chi connectivity index (χ0) is 15.6. The lowest BCUT2D eigenvalue weighted by Crippen LogP contribution is -2.41. The Bertz CT molecular complexity index is 434. The molecule has 0 aromatic heterocycles. The highest BCUT2D eigenvalue weighted by atomic mass is 35.5. The van der Waals surface area contributed by atoms with Gasteiger partial charge in [-0.1, -0.05) is 43.9 Å². The van der Waals surface area contributed by atoms with Crippen LogP contribution in [0.5, 0.6) is 5.75 Å². The maximum Gasteiger partial charge on any atom is 0.260 e. The quantitative estimate of drug-likeness (QED) is 0.591. The first-order valence-electron chi connectivity index (χ1n) is 8.48. The molecule has 1 saturated carbocycles. The van der Waals surface area contributed by atoms with Gasteiger partial charge in [-0.2, -0.15) is 0 Å². The highest BCUT2D eigenvalue weighted by molar-refractivity contribution is 5.85. The van der Waals surface area contributed by atoms with Crippen LogP contribution in [0.15, 0.2) is 30.3 Å². The molecule has 2 N–H and O–H groups in total. The number of ether oxygens (including phenoxy) is 1. The van der Waals surface area contributed by atoms with Gasteiger partial charge in [-0.3, -0.25) is 4.79 Å². The minimum absolute atomic E-state index is 0. The lowest BCUT2D eigenvalue weighted by Gasteiger charge is -2.18. The molecule has 130 valence electrons. The third-order valence-electron chi connectivity index (χ3n) is 4.14.